The molecule has 0 bridgehead atoms. The maximum absolute atomic E-state index is 11.7. The first-order chi connectivity index (χ1) is 11.0. The van der Waals surface area contributed by atoms with Gasteiger partial charge in [0.1, 0.15) is 0 Å². The second kappa shape index (κ2) is 5.31. The third-order valence-corrected chi connectivity index (χ3v) is 7.04. The van der Waals surface area contributed by atoms with E-state index < -0.39 is 0 Å². The van der Waals surface area contributed by atoms with E-state index in [0.29, 0.717) is 17.8 Å². The predicted molar refractivity (Wildman–Crippen MR) is 91.6 cm³/mol. The summed E-state index contributed by atoms with van der Waals surface area (Å²) < 4.78 is 0. The summed E-state index contributed by atoms with van der Waals surface area (Å²) in [4.78, 5) is 11.7. The van der Waals surface area contributed by atoms with Crippen molar-refractivity contribution >= 4 is 5.78 Å². The molecule has 2 nitrogen and oxygen atoms in total. The van der Waals surface area contributed by atoms with E-state index in [0.717, 1.165) is 24.8 Å². The van der Waals surface area contributed by atoms with E-state index in [-0.39, 0.29) is 17.3 Å². The van der Waals surface area contributed by atoms with Crippen molar-refractivity contribution in [2.45, 2.75) is 58.0 Å². The third kappa shape index (κ3) is 2.15. The smallest absolute Gasteiger partial charge is 0.159 e. The molecule has 122 valence electrons. The summed E-state index contributed by atoms with van der Waals surface area (Å²) >= 11 is 0. The van der Waals surface area contributed by atoms with Gasteiger partial charge in [0.05, 0.1) is 6.10 Å². The van der Waals surface area contributed by atoms with E-state index in [2.05, 4.69) is 25.1 Å². The van der Waals surface area contributed by atoms with E-state index in [1.165, 1.54) is 24.0 Å². The van der Waals surface area contributed by atoms with Gasteiger partial charge in [-0.25, -0.2) is 0 Å². The minimum absolute atomic E-state index is 0.00854. The fraction of sp³-hybridized carbons (Fsp3) is 0.571. The molecule has 5 atom stereocenters. The standard InChI is InChI=1S/C21H26O2/c1-13(22)14-6-9-17-15(12-14)7-11-19-18(17)10-8-16-4-3-5-20(23)21(16,19)2/h3,5-6,9,12,16,18-20,23H,4,7-8,10-11H2,1-2H3/t16-,18?,19?,20+,21+/m1/s1. The lowest BCUT2D eigenvalue weighted by molar-refractivity contribution is -0.0735. The second-order valence-electron chi connectivity index (χ2n) is 7.97. The molecule has 1 saturated carbocycles. The summed E-state index contributed by atoms with van der Waals surface area (Å²) in [5, 5.41) is 10.7. The van der Waals surface area contributed by atoms with Crippen LogP contribution in [0.25, 0.3) is 0 Å². The van der Waals surface area contributed by atoms with Crippen molar-refractivity contribution in [1.29, 1.82) is 0 Å². The van der Waals surface area contributed by atoms with Gasteiger partial charge in [-0.1, -0.05) is 31.2 Å². The molecule has 23 heavy (non-hydrogen) atoms. The van der Waals surface area contributed by atoms with E-state index in [9.17, 15) is 9.90 Å². The lowest BCUT2D eigenvalue weighted by Gasteiger charge is -2.56. The van der Waals surface area contributed by atoms with Gasteiger partial charge in [-0.3, -0.25) is 4.79 Å². The summed E-state index contributed by atoms with van der Waals surface area (Å²) in [5.41, 5.74) is 3.64. The summed E-state index contributed by atoms with van der Waals surface area (Å²) in [7, 11) is 0. The molecule has 2 unspecified atom stereocenters. The van der Waals surface area contributed by atoms with Crippen LogP contribution in [0.4, 0.5) is 0 Å². The number of carbonyl (C=O) groups excluding carboxylic acids is 1. The number of rotatable bonds is 1. The van der Waals surface area contributed by atoms with Gasteiger partial charge in [0.15, 0.2) is 5.78 Å². The molecule has 0 spiro atoms. The van der Waals surface area contributed by atoms with Gasteiger partial charge in [0, 0.05) is 11.0 Å². The minimum Gasteiger partial charge on any atom is -0.388 e. The quantitative estimate of drug-likeness (QED) is 0.621. The number of fused-ring (bicyclic) bond motifs is 5. The average Bonchev–Trinajstić information content (AvgIpc) is 2.55. The molecule has 1 fully saturated rings. The van der Waals surface area contributed by atoms with Crippen LogP contribution in [0, 0.1) is 17.3 Å². The van der Waals surface area contributed by atoms with Gasteiger partial charge in [-0.2, -0.15) is 0 Å². The molecule has 2 heteroatoms. The minimum atomic E-state index is -0.313. The predicted octanol–water partition coefficient (Wildman–Crippen LogP) is 4.27. The summed E-state index contributed by atoms with van der Waals surface area (Å²) in [6.45, 7) is 3.96. The molecule has 1 N–H and O–H groups in total. The number of aliphatic hydroxyl groups excluding tert-OH is 1. The number of hydrogen-bond donors (Lipinski definition) is 1. The molecule has 0 aromatic heterocycles. The van der Waals surface area contributed by atoms with Gasteiger partial charge >= 0.3 is 0 Å². The Morgan fingerprint density at radius 1 is 1.26 bits per heavy atom. The van der Waals surface area contributed by atoms with Gasteiger partial charge < -0.3 is 5.11 Å². The van der Waals surface area contributed by atoms with Crippen LogP contribution < -0.4 is 0 Å². The van der Waals surface area contributed by atoms with Crippen LogP contribution in [0.3, 0.4) is 0 Å². The molecular formula is C21H26O2. The van der Waals surface area contributed by atoms with Crippen molar-refractivity contribution in [3.63, 3.8) is 0 Å². The zero-order valence-electron chi connectivity index (χ0n) is 14.1. The Kier molecular flexibility index (Phi) is 3.49. The number of Topliss-reactive ketones (excluding diaryl/α,β-unsaturated/α-hetero) is 1. The highest BCUT2D eigenvalue weighted by molar-refractivity contribution is 5.94. The number of hydrogen-bond acceptors (Lipinski definition) is 2. The molecule has 0 saturated heterocycles. The van der Waals surface area contributed by atoms with Crippen molar-refractivity contribution in [3.05, 3.63) is 47.0 Å². The lowest BCUT2D eigenvalue weighted by Crippen LogP contribution is -2.52. The first-order valence-corrected chi connectivity index (χ1v) is 9.00. The van der Waals surface area contributed by atoms with Gasteiger partial charge in [0.2, 0.25) is 0 Å². The largest absolute Gasteiger partial charge is 0.388 e. The topological polar surface area (TPSA) is 37.3 Å². The molecule has 0 amide bonds. The average molecular weight is 310 g/mol. The van der Waals surface area contributed by atoms with Gasteiger partial charge in [0.25, 0.3) is 0 Å². The van der Waals surface area contributed by atoms with Crippen LogP contribution >= 0.6 is 0 Å². The van der Waals surface area contributed by atoms with Gasteiger partial charge in [-0.05, 0) is 74.0 Å². The number of allylic oxidation sites excluding steroid dienone is 1. The Balaban J connectivity index is 1.74. The van der Waals surface area contributed by atoms with Crippen LogP contribution in [0.5, 0.6) is 0 Å². The van der Waals surface area contributed by atoms with Crippen molar-refractivity contribution in [1.82, 2.24) is 0 Å². The van der Waals surface area contributed by atoms with E-state index >= 15 is 0 Å². The Bertz CT molecular complexity index is 674. The number of aliphatic hydroxyl groups is 1. The van der Waals surface area contributed by atoms with Gasteiger partial charge in [-0.15, -0.1) is 0 Å². The summed E-state index contributed by atoms with van der Waals surface area (Å²) in [6, 6.07) is 6.30. The molecule has 0 radical (unpaired) electrons. The molecule has 1 aromatic rings. The Hall–Kier alpha value is -1.41. The first-order valence-electron chi connectivity index (χ1n) is 9.00. The van der Waals surface area contributed by atoms with Crippen LogP contribution in [0.2, 0.25) is 0 Å². The zero-order valence-corrected chi connectivity index (χ0v) is 14.1. The van der Waals surface area contributed by atoms with Crippen LogP contribution in [-0.4, -0.2) is 17.0 Å². The SMILES string of the molecule is CC(=O)c1ccc2c(c1)CCC1C2CC[C@H]2CC=C[C@H](O)[C@]12C. The Morgan fingerprint density at radius 3 is 2.87 bits per heavy atom. The third-order valence-electron chi connectivity index (χ3n) is 7.04. The molecular weight excluding hydrogens is 284 g/mol. The number of aryl methyl sites for hydroxylation is 1. The highest BCUT2D eigenvalue weighted by Crippen LogP contribution is 2.59. The number of ketones is 1. The van der Waals surface area contributed by atoms with Crippen LogP contribution in [-0.2, 0) is 6.42 Å². The molecule has 0 heterocycles. The maximum Gasteiger partial charge on any atom is 0.159 e. The van der Waals surface area contributed by atoms with Crippen molar-refractivity contribution in [3.8, 4) is 0 Å². The normalized spacial score (nSPS) is 38.4. The highest BCUT2D eigenvalue weighted by Gasteiger charge is 2.53. The van der Waals surface area contributed by atoms with Crippen molar-refractivity contribution in [2.24, 2.45) is 17.3 Å². The maximum atomic E-state index is 11.7. The summed E-state index contributed by atoms with van der Waals surface area (Å²) in [6.07, 6.45) is 9.60. The van der Waals surface area contributed by atoms with Crippen molar-refractivity contribution in [2.75, 3.05) is 0 Å². The second-order valence-corrected chi connectivity index (χ2v) is 7.97. The number of benzene rings is 1. The summed E-state index contributed by atoms with van der Waals surface area (Å²) in [5.74, 6) is 1.86. The Morgan fingerprint density at radius 2 is 2.09 bits per heavy atom. The molecule has 3 aliphatic carbocycles. The Labute approximate surface area is 138 Å². The van der Waals surface area contributed by atoms with E-state index in [1.54, 1.807) is 6.92 Å². The monoisotopic (exact) mass is 310 g/mol. The first kappa shape index (κ1) is 15.1. The van der Waals surface area contributed by atoms with Crippen LogP contribution in [0.15, 0.2) is 30.4 Å². The highest BCUT2D eigenvalue weighted by atomic mass is 16.3. The molecule has 4 rings (SSSR count). The van der Waals surface area contributed by atoms with Crippen LogP contribution in [0.1, 0.15) is 66.9 Å². The fourth-order valence-corrected chi connectivity index (χ4v) is 5.64. The number of carbonyl (C=O) groups is 1. The molecule has 0 aliphatic heterocycles. The fourth-order valence-electron chi connectivity index (χ4n) is 5.64. The van der Waals surface area contributed by atoms with E-state index in [1.807, 2.05) is 12.1 Å². The molecule has 3 aliphatic rings. The van der Waals surface area contributed by atoms with Crippen molar-refractivity contribution < 1.29 is 9.90 Å². The van der Waals surface area contributed by atoms with E-state index in [4.69, 9.17) is 0 Å². The molecule has 1 aromatic carbocycles. The zero-order chi connectivity index (χ0) is 16.2. The lowest BCUT2D eigenvalue weighted by atomic mass is 9.49.